The third-order valence-electron chi connectivity index (χ3n) is 5.76. The summed E-state index contributed by atoms with van der Waals surface area (Å²) < 4.78 is 5.12. The first-order valence-corrected chi connectivity index (χ1v) is 11.6. The minimum atomic E-state index is -1.06. The van der Waals surface area contributed by atoms with E-state index in [0.717, 1.165) is 11.3 Å². The van der Waals surface area contributed by atoms with E-state index in [1.165, 1.54) is 4.90 Å². The van der Waals surface area contributed by atoms with Gasteiger partial charge in [0, 0.05) is 23.8 Å². The number of nitrogens with one attached hydrogen (secondary N) is 2. The quantitative estimate of drug-likeness (QED) is 0.407. The number of benzene rings is 2. The average molecular weight is 501 g/mol. The highest BCUT2D eigenvalue weighted by molar-refractivity contribution is 6.30. The summed E-state index contributed by atoms with van der Waals surface area (Å²) in [5.41, 5.74) is 1.85. The van der Waals surface area contributed by atoms with Crippen molar-refractivity contribution in [2.45, 2.75) is 25.9 Å². The molecule has 3 amide bonds. The van der Waals surface area contributed by atoms with E-state index in [-0.39, 0.29) is 24.7 Å². The number of carbonyl (C=O) groups excluding carboxylic acids is 2. The molecule has 2 aromatic rings. The number of halogens is 1. The molecule has 0 aliphatic carbocycles. The van der Waals surface area contributed by atoms with Crippen LogP contribution >= 0.6 is 11.6 Å². The fourth-order valence-corrected chi connectivity index (χ4v) is 4.21. The molecular weight excluding hydrogens is 472 g/mol. The molecule has 2 aromatic carbocycles. The van der Waals surface area contributed by atoms with E-state index in [1.54, 1.807) is 38.3 Å². The van der Waals surface area contributed by atoms with Crippen LogP contribution in [0.5, 0.6) is 5.75 Å². The summed E-state index contributed by atoms with van der Waals surface area (Å²) in [4.78, 5) is 42.2. The van der Waals surface area contributed by atoms with Crippen LogP contribution in [-0.2, 0) is 16.1 Å². The predicted molar refractivity (Wildman–Crippen MR) is 133 cm³/mol. The van der Waals surface area contributed by atoms with Crippen LogP contribution in [0, 0.1) is 5.92 Å². The minimum Gasteiger partial charge on any atom is -0.497 e. The van der Waals surface area contributed by atoms with Crippen LogP contribution in [0.1, 0.15) is 30.5 Å². The number of hydrogen-bond acceptors (Lipinski definition) is 5. The second-order valence-corrected chi connectivity index (χ2v) is 8.64. The highest BCUT2D eigenvalue weighted by Gasteiger charge is 2.42. The Labute approximate surface area is 209 Å². The number of carboxylic acids is 1. The number of nitrogens with zero attached hydrogens (tertiary/aromatic N) is 2. The number of methoxy groups -OCH3 is 1. The molecule has 10 heteroatoms. The molecular formula is C25H29ClN4O5. The maximum atomic E-state index is 12.7. The van der Waals surface area contributed by atoms with Crippen molar-refractivity contribution in [2.24, 2.45) is 10.9 Å². The van der Waals surface area contributed by atoms with Crippen LogP contribution in [0.4, 0.5) is 4.79 Å². The van der Waals surface area contributed by atoms with Gasteiger partial charge in [-0.1, -0.05) is 35.9 Å². The van der Waals surface area contributed by atoms with Crippen molar-refractivity contribution in [1.82, 2.24) is 15.5 Å². The number of amides is 3. The molecule has 1 aliphatic rings. The molecule has 0 bridgehead atoms. The number of hydrogen-bond donors (Lipinski definition) is 3. The zero-order valence-corrected chi connectivity index (χ0v) is 20.4. The third kappa shape index (κ3) is 7.03. The summed E-state index contributed by atoms with van der Waals surface area (Å²) in [7, 11) is 1.60. The molecule has 0 fully saturated rings. The first-order valence-electron chi connectivity index (χ1n) is 11.2. The van der Waals surface area contributed by atoms with E-state index in [2.05, 4.69) is 15.6 Å². The SMILES string of the molecule is COc1ccc(CNC(=O)CNCCCN2C(=O)N=C(C)C(C(=O)O)C2c2cccc(Cl)c2)cc1. The number of aliphatic carboxylic acids is 1. The van der Waals surface area contributed by atoms with Gasteiger partial charge in [-0.15, -0.1) is 0 Å². The van der Waals surface area contributed by atoms with Crippen molar-refractivity contribution in [2.75, 3.05) is 26.7 Å². The van der Waals surface area contributed by atoms with Gasteiger partial charge < -0.3 is 25.4 Å². The van der Waals surface area contributed by atoms with Crippen LogP contribution in [0.15, 0.2) is 53.5 Å². The van der Waals surface area contributed by atoms with Gasteiger partial charge in [0.25, 0.3) is 0 Å². The molecule has 1 heterocycles. The number of carboxylic acid groups (broad SMARTS) is 1. The zero-order chi connectivity index (χ0) is 25.4. The van der Waals surface area contributed by atoms with E-state index in [4.69, 9.17) is 16.3 Å². The summed E-state index contributed by atoms with van der Waals surface area (Å²) in [5, 5.41) is 16.2. The van der Waals surface area contributed by atoms with Crippen LogP contribution in [0.25, 0.3) is 0 Å². The second kappa shape index (κ2) is 12.3. The Morgan fingerprint density at radius 1 is 1.20 bits per heavy atom. The lowest BCUT2D eigenvalue weighted by Gasteiger charge is -2.38. The fourth-order valence-electron chi connectivity index (χ4n) is 4.01. The summed E-state index contributed by atoms with van der Waals surface area (Å²) in [6.45, 7) is 2.82. The van der Waals surface area contributed by atoms with Crippen molar-refractivity contribution in [3.05, 3.63) is 64.7 Å². The molecule has 0 saturated carbocycles. The zero-order valence-electron chi connectivity index (χ0n) is 19.7. The molecule has 3 rings (SSSR count). The molecule has 186 valence electrons. The summed E-state index contributed by atoms with van der Waals surface area (Å²) in [6, 6.07) is 13.1. The summed E-state index contributed by atoms with van der Waals surface area (Å²) >= 11 is 6.13. The molecule has 0 radical (unpaired) electrons. The van der Waals surface area contributed by atoms with Gasteiger partial charge >= 0.3 is 12.0 Å². The van der Waals surface area contributed by atoms with E-state index in [1.807, 2.05) is 24.3 Å². The van der Waals surface area contributed by atoms with Crippen molar-refractivity contribution >= 4 is 35.2 Å². The first-order chi connectivity index (χ1) is 16.8. The average Bonchev–Trinajstić information content (AvgIpc) is 2.83. The van der Waals surface area contributed by atoms with Crippen LogP contribution in [-0.4, -0.2) is 60.4 Å². The predicted octanol–water partition coefficient (Wildman–Crippen LogP) is 3.28. The highest BCUT2D eigenvalue weighted by Crippen LogP contribution is 2.35. The number of rotatable bonds is 11. The van der Waals surface area contributed by atoms with Crippen molar-refractivity contribution in [3.8, 4) is 5.75 Å². The number of carbonyl (C=O) groups is 3. The van der Waals surface area contributed by atoms with Crippen LogP contribution in [0.2, 0.25) is 5.02 Å². The molecule has 9 nitrogen and oxygen atoms in total. The topological polar surface area (TPSA) is 120 Å². The van der Waals surface area contributed by atoms with E-state index < -0.39 is 24.0 Å². The minimum absolute atomic E-state index is 0.122. The number of urea groups is 1. The van der Waals surface area contributed by atoms with Gasteiger partial charge in [-0.2, -0.15) is 0 Å². The molecule has 3 N–H and O–H groups in total. The molecule has 0 aromatic heterocycles. The summed E-state index contributed by atoms with van der Waals surface area (Å²) in [6.07, 6.45) is 0.509. The maximum absolute atomic E-state index is 12.7. The Morgan fingerprint density at radius 3 is 2.60 bits per heavy atom. The second-order valence-electron chi connectivity index (χ2n) is 8.20. The molecule has 0 spiro atoms. The van der Waals surface area contributed by atoms with Gasteiger partial charge in [-0.25, -0.2) is 9.79 Å². The van der Waals surface area contributed by atoms with Gasteiger partial charge in [0.1, 0.15) is 11.7 Å². The molecule has 1 aliphatic heterocycles. The Balaban J connectivity index is 1.52. The number of ether oxygens (including phenoxy) is 1. The van der Waals surface area contributed by atoms with Gasteiger partial charge in [0.2, 0.25) is 5.91 Å². The van der Waals surface area contributed by atoms with Crippen LogP contribution < -0.4 is 15.4 Å². The van der Waals surface area contributed by atoms with Gasteiger partial charge in [0.05, 0.1) is 19.7 Å². The van der Waals surface area contributed by atoms with E-state index >= 15 is 0 Å². The van der Waals surface area contributed by atoms with Gasteiger partial charge in [0.15, 0.2) is 0 Å². The van der Waals surface area contributed by atoms with E-state index in [0.29, 0.717) is 30.1 Å². The number of aliphatic imine (C=N–C) groups is 1. The monoisotopic (exact) mass is 500 g/mol. The molecule has 2 unspecified atom stereocenters. The Kier molecular flexibility index (Phi) is 9.22. The van der Waals surface area contributed by atoms with Crippen LogP contribution in [0.3, 0.4) is 0 Å². The Bertz CT molecular complexity index is 1090. The smallest absolute Gasteiger partial charge is 0.344 e. The lowest BCUT2D eigenvalue weighted by molar-refractivity contribution is -0.141. The lowest BCUT2D eigenvalue weighted by atomic mass is 9.87. The largest absolute Gasteiger partial charge is 0.497 e. The van der Waals surface area contributed by atoms with Crippen molar-refractivity contribution in [1.29, 1.82) is 0 Å². The Hall–Kier alpha value is -3.43. The Morgan fingerprint density at radius 2 is 1.94 bits per heavy atom. The maximum Gasteiger partial charge on any atom is 0.344 e. The summed E-state index contributed by atoms with van der Waals surface area (Å²) in [5.74, 6) is -1.43. The standard InChI is InChI=1S/C25H29ClN4O5/c1-16-22(24(32)33)23(18-5-3-6-19(26)13-18)30(25(34)29-16)12-4-11-27-15-21(31)28-14-17-7-9-20(35-2)10-8-17/h3,5-10,13,22-23,27H,4,11-12,14-15H2,1-2H3,(H,28,31)(H,32,33). The van der Waals surface area contributed by atoms with Crippen molar-refractivity contribution in [3.63, 3.8) is 0 Å². The van der Waals surface area contributed by atoms with E-state index in [9.17, 15) is 19.5 Å². The van der Waals surface area contributed by atoms with Crippen molar-refractivity contribution < 1.29 is 24.2 Å². The third-order valence-corrected chi connectivity index (χ3v) is 6.00. The van der Waals surface area contributed by atoms with Gasteiger partial charge in [-0.05, 0) is 55.3 Å². The molecule has 2 atom stereocenters. The van der Waals surface area contributed by atoms with Gasteiger partial charge in [-0.3, -0.25) is 9.59 Å². The molecule has 0 saturated heterocycles. The molecule has 35 heavy (non-hydrogen) atoms. The lowest BCUT2D eigenvalue weighted by Crippen LogP contribution is -2.47. The first kappa shape index (κ1) is 26.2. The normalized spacial score (nSPS) is 17.6. The fraction of sp³-hybridized carbons (Fsp3) is 0.360. The highest BCUT2D eigenvalue weighted by atomic mass is 35.5.